The van der Waals surface area contributed by atoms with E-state index in [1.54, 1.807) is 6.26 Å². The summed E-state index contributed by atoms with van der Waals surface area (Å²) in [4.78, 5) is 13.7. The van der Waals surface area contributed by atoms with Crippen molar-refractivity contribution in [2.45, 2.75) is 11.6 Å². The minimum absolute atomic E-state index is 0.0543. The second kappa shape index (κ2) is 6.54. The van der Waals surface area contributed by atoms with Gasteiger partial charge in [0.25, 0.3) is 0 Å². The van der Waals surface area contributed by atoms with Gasteiger partial charge in [-0.15, -0.1) is 0 Å². The number of nitrogens with zero attached hydrogens (tertiary/aromatic N) is 3. The van der Waals surface area contributed by atoms with Gasteiger partial charge in [-0.25, -0.2) is 28.2 Å². The van der Waals surface area contributed by atoms with E-state index in [0.29, 0.717) is 30.4 Å². The summed E-state index contributed by atoms with van der Waals surface area (Å²) in [5.41, 5.74) is -0.532. The third-order valence-electron chi connectivity index (χ3n) is 3.25. The van der Waals surface area contributed by atoms with Crippen LogP contribution in [0.2, 0.25) is 5.15 Å². The molecule has 1 aliphatic rings. The molecule has 0 unspecified atom stereocenters. The van der Waals surface area contributed by atoms with Gasteiger partial charge < -0.3 is 0 Å². The summed E-state index contributed by atoms with van der Waals surface area (Å²) in [6, 6.07) is 1.18. The molecule has 1 aromatic carbocycles. The van der Waals surface area contributed by atoms with E-state index in [2.05, 4.69) is 9.97 Å². The number of rotatable bonds is 3. The van der Waals surface area contributed by atoms with E-state index < -0.39 is 23.0 Å². The van der Waals surface area contributed by atoms with E-state index in [4.69, 9.17) is 16.4 Å². The standard InChI is InChI=1S/C14H11ClF3N3OS/c1-23-14-19-12(15)11(13(20-14)21-3-2-4-22-21)10-8(17)5-7(16)6-9(10)18/h5-6H,2-4H2,1H3. The average molecular weight is 362 g/mol. The zero-order chi connectivity index (χ0) is 16.6. The molecule has 0 aliphatic carbocycles. The molecule has 0 amide bonds. The van der Waals surface area contributed by atoms with Crippen molar-refractivity contribution in [3.8, 4) is 11.1 Å². The lowest BCUT2D eigenvalue weighted by atomic mass is 10.1. The fourth-order valence-electron chi connectivity index (χ4n) is 2.29. The molecular formula is C14H11ClF3N3OS. The lowest BCUT2D eigenvalue weighted by Gasteiger charge is -2.20. The monoisotopic (exact) mass is 361 g/mol. The molecule has 1 aromatic heterocycles. The molecule has 122 valence electrons. The smallest absolute Gasteiger partial charge is 0.190 e. The maximum Gasteiger partial charge on any atom is 0.190 e. The number of anilines is 1. The Hall–Kier alpha value is -1.51. The third-order valence-corrected chi connectivity index (χ3v) is 4.07. The Kier molecular flexibility index (Phi) is 4.65. The third kappa shape index (κ3) is 3.11. The van der Waals surface area contributed by atoms with Crippen LogP contribution in [-0.2, 0) is 4.84 Å². The first-order valence-corrected chi connectivity index (χ1v) is 8.28. The summed E-state index contributed by atoms with van der Waals surface area (Å²) in [6.45, 7) is 0.961. The van der Waals surface area contributed by atoms with Crippen molar-refractivity contribution in [3.63, 3.8) is 0 Å². The maximum atomic E-state index is 14.2. The van der Waals surface area contributed by atoms with Crippen LogP contribution in [-0.4, -0.2) is 29.4 Å². The molecule has 1 fully saturated rings. The second-order valence-electron chi connectivity index (χ2n) is 4.73. The first-order chi connectivity index (χ1) is 11.0. The molecule has 2 heterocycles. The van der Waals surface area contributed by atoms with Gasteiger partial charge in [-0.3, -0.25) is 4.84 Å². The number of thioether (sulfide) groups is 1. The van der Waals surface area contributed by atoms with Crippen LogP contribution in [0.5, 0.6) is 0 Å². The van der Waals surface area contributed by atoms with Gasteiger partial charge in [0, 0.05) is 18.7 Å². The highest BCUT2D eigenvalue weighted by Crippen LogP contribution is 2.39. The van der Waals surface area contributed by atoms with E-state index in [-0.39, 0.29) is 16.5 Å². The van der Waals surface area contributed by atoms with Gasteiger partial charge in [-0.1, -0.05) is 23.4 Å². The number of benzene rings is 1. The van der Waals surface area contributed by atoms with Gasteiger partial charge in [-0.05, 0) is 12.7 Å². The highest BCUT2D eigenvalue weighted by atomic mass is 35.5. The molecule has 0 radical (unpaired) electrons. The van der Waals surface area contributed by atoms with Gasteiger partial charge >= 0.3 is 0 Å². The summed E-state index contributed by atoms with van der Waals surface area (Å²) >= 11 is 7.37. The van der Waals surface area contributed by atoms with Crippen molar-refractivity contribution in [1.29, 1.82) is 0 Å². The van der Waals surface area contributed by atoms with Crippen molar-refractivity contribution in [1.82, 2.24) is 9.97 Å². The Bertz CT molecular complexity index is 733. The quantitative estimate of drug-likeness (QED) is 0.468. The molecule has 0 spiro atoms. The largest absolute Gasteiger partial charge is 0.272 e. The summed E-state index contributed by atoms with van der Waals surface area (Å²) in [7, 11) is 0. The van der Waals surface area contributed by atoms with Crippen molar-refractivity contribution in [3.05, 3.63) is 34.7 Å². The van der Waals surface area contributed by atoms with E-state index >= 15 is 0 Å². The fraction of sp³-hybridized carbons (Fsp3) is 0.286. The van der Waals surface area contributed by atoms with Gasteiger partial charge in [0.05, 0.1) is 17.7 Å². The van der Waals surface area contributed by atoms with E-state index in [1.807, 2.05) is 0 Å². The molecular weight excluding hydrogens is 351 g/mol. The first kappa shape index (κ1) is 16.4. The molecule has 4 nitrogen and oxygen atoms in total. The maximum absolute atomic E-state index is 14.2. The van der Waals surface area contributed by atoms with Crippen molar-refractivity contribution >= 4 is 29.2 Å². The van der Waals surface area contributed by atoms with Gasteiger partial charge in [-0.2, -0.15) is 0 Å². The molecule has 0 saturated carbocycles. The fourth-order valence-corrected chi connectivity index (χ4v) is 2.96. The molecule has 23 heavy (non-hydrogen) atoms. The van der Waals surface area contributed by atoms with E-state index in [9.17, 15) is 13.2 Å². The van der Waals surface area contributed by atoms with E-state index in [0.717, 1.165) is 6.42 Å². The summed E-state index contributed by atoms with van der Waals surface area (Å²) in [5, 5.41) is 1.64. The first-order valence-electron chi connectivity index (χ1n) is 6.68. The van der Waals surface area contributed by atoms with Crippen LogP contribution in [0.4, 0.5) is 19.0 Å². The number of hydrogen-bond acceptors (Lipinski definition) is 5. The van der Waals surface area contributed by atoms with Gasteiger partial charge in [0.15, 0.2) is 11.0 Å². The van der Waals surface area contributed by atoms with Crippen LogP contribution in [0.1, 0.15) is 6.42 Å². The summed E-state index contributed by atoms with van der Waals surface area (Å²) < 4.78 is 41.5. The molecule has 0 N–H and O–H groups in total. The molecule has 3 rings (SSSR count). The van der Waals surface area contributed by atoms with Crippen LogP contribution in [0.3, 0.4) is 0 Å². The normalized spacial score (nSPS) is 14.6. The molecule has 0 atom stereocenters. The summed E-state index contributed by atoms with van der Waals surface area (Å²) in [6.07, 6.45) is 2.49. The number of hydrogen-bond donors (Lipinski definition) is 0. The minimum Gasteiger partial charge on any atom is -0.272 e. The van der Waals surface area contributed by atoms with Crippen LogP contribution >= 0.6 is 23.4 Å². The molecule has 1 aliphatic heterocycles. The zero-order valence-electron chi connectivity index (χ0n) is 11.9. The van der Waals surface area contributed by atoms with E-state index in [1.165, 1.54) is 16.8 Å². The number of hydroxylamine groups is 1. The van der Waals surface area contributed by atoms with Crippen molar-refractivity contribution < 1.29 is 18.0 Å². The number of aromatic nitrogens is 2. The highest BCUT2D eigenvalue weighted by Gasteiger charge is 2.27. The Balaban J connectivity index is 2.26. The molecule has 0 bridgehead atoms. The van der Waals surface area contributed by atoms with Crippen LogP contribution in [0, 0.1) is 17.5 Å². The molecule has 9 heteroatoms. The number of halogens is 4. The van der Waals surface area contributed by atoms with Gasteiger partial charge in [0.2, 0.25) is 0 Å². The van der Waals surface area contributed by atoms with Crippen LogP contribution < -0.4 is 5.06 Å². The van der Waals surface area contributed by atoms with Crippen molar-refractivity contribution in [2.24, 2.45) is 0 Å². The van der Waals surface area contributed by atoms with Crippen molar-refractivity contribution in [2.75, 3.05) is 24.5 Å². The Labute approximate surface area is 139 Å². The second-order valence-corrected chi connectivity index (χ2v) is 5.86. The molecule has 2 aromatic rings. The lowest BCUT2D eigenvalue weighted by molar-refractivity contribution is 0.166. The predicted octanol–water partition coefficient (Wildman–Crippen LogP) is 4.08. The van der Waals surface area contributed by atoms with Crippen LogP contribution in [0.15, 0.2) is 17.3 Å². The highest BCUT2D eigenvalue weighted by molar-refractivity contribution is 7.98. The summed E-state index contributed by atoms with van der Waals surface area (Å²) in [5.74, 6) is -3.01. The van der Waals surface area contributed by atoms with Crippen LogP contribution in [0.25, 0.3) is 11.1 Å². The predicted molar refractivity (Wildman–Crippen MR) is 82.0 cm³/mol. The minimum atomic E-state index is -1.08. The molecule has 1 saturated heterocycles. The Morgan fingerprint density at radius 1 is 1.17 bits per heavy atom. The Morgan fingerprint density at radius 3 is 2.43 bits per heavy atom. The average Bonchev–Trinajstić information content (AvgIpc) is 3.01. The van der Waals surface area contributed by atoms with Gasteiger partial charge in [0.1, 0.15) is 22.6 Å². The SMILES string of the molecule is CSc1nc(Cl)c(-c2c(F)cc(F)cc2F)c(N2CCCO2)n1. The lowest BCUT2D eigenvalue weighted by Crippen LogP contribution is -2.20. The Morgan fingerprint density at radius 2 is 1.87 bits per heavy atom. The zero-order valence-corrected chi connectivity index (χ0v) is 13.5. The topological polar surface area (TPSA) is 38.2 Å².